The first kappa shape index (κ1) is 16.1. The molecule has 132 valence electrons. The van der Waals surface area contributed by atoms with Gasteiger partial charge in [0.05, 0.1) is 22.0 Å². The highest BCUT2D eigenvalue weighted by Gasteiger charge is 2.29. The molecule has 0 saturated carbocycles. The van der Waals surface area contributed by atoms with Gasteiger partial charge in [-0.25, -0.2) is 9.97 Å². The number of hydrogen-bond acceptors (Lipinski definition) is 6. The molecule has 1 fully saturated rings. The van der Waals surface area contributed by atoms with Crippen LogP contribution in [-0.4, -0.2) is 25.8 Å². The summed E-state index contributed by atoms with van der Waals surface area (Å²) < 4.78 is 2.92. The van der Waals surface area contributed by atoms with E-state index in [0.717, 1.165) is 41.3 Å². The lowest BCUT2D eigenvalue weighted by Gasteiger charge is -2.22. The molecule has 4 aromatic rings. The molecule has 5 rings (SSSR count). The number of benzene rings is 1. The van der Waals surface area contributed by atoms with Crippen LogP contribution in [-0.2, 0) is 6.54 Å². The minimum absolute atomic E-state index is 0.0134. The average Bonchev–Trinajstić information content (AvgIpc) is 3.33. The monoisotopic (exact) mass is 382 g/mol. The molecular weight excluding hydrogens is 364 g/mol. The van der Waals surface area contributed by atoms with Gasteiger partial charge in [-0.3, -0.25) is 14.1 Å². The summed E-state index contributed by atoms with van der Waals surface area (Å²) in [6, 6.07) is 10.3. The maximum Gasteiger partial charge on any atom is 0.259 e. The van der Waals surface area contributed by atoms with E-state index in [4.69, 9.17) is 9.97 Å². The normalized spacial score (nSPS) is 18.3. The first-order chi connectivity index (χ1) is 12.7. The molecule has 0 N–H and O–H groups in total. The van der Waals surface area contributed by atoms with Crippen LogP contribution >= 0.6 is 22.7 Å². The largest absolute Gasteiger partial charge is 0.288 e. The summed E-state index contributed by atoms with van der Waals surface area (Å²) in [6.07, 6.45) is 2.26. The van der Waals surface area contributed by atoms with E-state index in [2.05, 4.69) is 23.1 Å². The van der Waals surface area contributed by atoms with Crippen LogP contribution in [0.1, 0.15) is 35.3 Å². The zero-order chi connectivity index (χ0) is 17.7. The standard InChI is InChI=1S/C19H18N4OS2/c1-12-11-25-19-20-13(9-17(24)23(12)19)10-22-8-4-6-15(22)18-21-14-5-2-3-7-16(14)26-18/h2-3,5,7,9,11,15H,4,6,8,10H2,1H3/t15-/m1/s1. The van der Waals surface area contributed by atoms with Gasteiger partial charge in [0.2, 0.25) is 0 Å². The van der Waals surface area contributed by atoms with Crippen LogP contribution in [0.15, 0.2) is 40.5 Å². The van der Waals surface area contributed by atoms with Gasteiger partial charge in [-0.1, -0.05) is 12.1 Å². The Morgan fingerprint density at radius 1 is 1.27 bits per heavy atom. The van der Waals surface area contributed by atoms with Crippen molar-refractivity contribution in [2.75, 3.05) is 6.54 Å². The summed E-state index contributed by atoms with van der Waals surface area (Å²) in [5.41, 5.74) is 2.89. The van der Waals surface area contributed by atoms with Crippen molar-refractivity contribution < 1.29 is 0 Å². The molecular formula is C19H18N4OS2. The number of likely N-dealkylation sites (tertiary alicyclic amines) is 1. The minimum atomic E-state index is 0.0134. The van der Waals surface area contributed by atoms with Crippen molar-refractivity contribution in [2.24, 2.45) is 0 Å². The Bertz CT molecular complexity index is 1130. The molecule has 4 heterocycles. The van der Waals surface area contributed by atoms with Gasteiger partial charge in [-0.15, -0.1) is 22.7 Å². The Hall–Kier alpha value is -2.09. The second kappa shape index (κ2) is 6.26. The van der Waals surface area contributed by atoms with E-state index in [1.54, 1.807) is 21.8 Å². The zero-order valence-corrected chi connectivity index (χ0v) is 16.0. The summed E-state index contributed by atoms with van der Waals surface area (Å²) in [6.45, 7) is 3.66. The Kier molecular flexibility index (Phi) is 3.88. The fraction of sp³-hybridized carbons (Fsp3) is 0.316. The molecule has 1 aliphatic heterocycles. The quantitative estimate of drug-likeness (QED) is 0.537. The topological polar surface area (TPSA) is 50.5 Å². The molecule has 1 atom stereocenters. The van der Waals surface area contributed by atoms with Crippen LogP contribution in [0, 0.1) is 6.92 Å². The predicted octanol–water partition coefficient (Wildman–Crippen LogP) is 4.01. The minimum Gasteiger partial charge on any atom is -0.288 e. The highest BCUT2D eigenvalue weighted by Crippen LogP contribution is 2.37. The van der Waals surface area contributed by atoms with Crippen molar-refractivity contribution >= 4 is 37.9 Å². The summed E-state index contributed by atoms with van der Waals surface area (Å²) in [5, 5.41) is 3.15. The lowest BCUT2D eigenvalue weighted by atomic mass is 10.2. The number of thiazole rings is 2. The first-order valence-electron chi connectivity index (χ1n) is 8.75. The summed E-state index contributed by atoms with van der Waals surface area (Å²) >= 11 is 3.30. The molecule has 1 aliphatic rings. The van der Waals surface area contributed by atoms with Gasteiger partial charge in [0, 0.05) is 23.7 Å². The number of rotatable bonds is 3. The number of fused-ring (bicyclic) bond motifs is 2. The Morgan fingerprint density at radius 3 is 3.04 bits per heavy atom. The van der Waals surface area contributed by atoms with Crippen LogP contribution in [0.3, 0.4) is 0 Å². The molecule has 0 unspecified atom stereocenters. The van der Waals surface area contributed by atoms with Crippen LogP contribution in [0.4, 0.5) is 0 Å². The number of hydrogen-bond donors (Lipinski definition) is 0. The van der Waals surface area contributed by atoms with Crippen molar-refractivity contribution in [1.82, 2.24) is 19.3 Å². The highest BCUT2D eigenvalue weighted by atomic mass is 32.1. The molecule has 0 bridgehead atoms. The van der Waals surface area contributed by atoms with E-state index in [1.165, 1.54) is 21.0 Å². The van der Waals surface area contributed by atoms with Gasteiger partial charge < -0.3 is 0 Å². The summed E-state index contributed by atoms with van der Waals surface area (Å²) in [7, 11) is 0. The fourth-order valence-electron chi connectivity index (χ4n) is 3.72. The summed E-state index contributed by atoms with van der Waals surface area (Å²) in [4.78, 5) is 25.2. The van der Waals surface area contributed by atoms with Crippen molar-refractivity contribution in [3.05, 3.63) is 62.5 Å². The smallest absolute Gasteiger partial charge is 0.259 e. The van der Waals surface area contributed by atoms with Crippen molar-refractivity contribution in [2.45, 2.75) is 32.4 Å². The van der Waals surface area contributed by atoms with Gasteiger partial charge in [0.15, 0.2) is 4.96 Å². The van der Waals surface area contributed by atoms with E-state index >= 15 is 0 Å². The van der Waals surface area contributed by atoms with E-state index < -0.39 is 0 Å². The molecule has 5 nitrogen and oxygen atoms in total. The van der Waals surface area contributed by atoms with Gasteiger partial charge in [-0.05, 0) is 38.4 Å². The molecule has 3 aromatic heterocycles. The van der Waals surface area contributed by atoms with Crippen LogP contribution in [0.2, 0.25) is 0 Å². The van der Waals surface area contributed by atoms with E-state index in [1.807, 2.05) is 18.4 Å². The van der Waals surface area contributed by atoms with Gasteiger partial charge in [0.1, 0.15) is 5.01 Å². The predicted molar refractivity (Wildman–Crippen MR) is 106 cm³/mol. The van der Waals surface area contributed by atoms with Crippen LogP contribution in [0.5, 0.6) is 0 Å². The average molecular weight is 383 g/mol. The van der Waals surface area contributed by atoms with Gasteiger partial charge in [0.25, 0.3) is 5.56 Å². The lowest BCUT2D eigenvalue weighted by molar-refractivity contribution is 0.245. The van der Waals surface area contributed by atoms with Gasteiger partial charge >= 0.3 is 0 Å². The van der Waals surface area contributed by atoms with E-state index in [0.29, 0.717) is 12.6 Å². The third kappa shape index (κ3) is 2.67. The molecule has 0 radical (unpaired) electrons. The number of aromatic nitrogens is 3. The van der Waals surface area contributed by atoms with E-state index in [-0.39, 0.29) is 5.56 Å². The summed E-state index contributed by atoms with van der Waals surface area (Å²) in [5.74, 6) is 0. The second-order valence-electron chi connectivity index (χ2n) is 6.73. The third-order valence-corrected chi connectivity index (χ3v) is 7.03. The Labute approximate surface area is 158 Å². The molecule has 0 spiro atoms. The van der Waals surface area contributed by atoms with Crippen LogP contribution < -0.4 is 5.56 Å². The molecule has 7 heteroatoms. The second-order valence-corrected chi connectivity index (χ2v) is 8.63. The molecule has 26 heavy (non-hydrogen) atoms. The maximum atomic E-state index is 12.4. The lowest BCUT2D eigenvalue weighted by Crippen LogP contribution is -2.25. The van der Waals surface area contributed by atoms with Crippen molar-refractivity contribution in [1.29, 1.82) is 0 Å². The van der Waals surface area contributed by atoms with Crippen molar-refractivity contribution in [3.63, 3.8) is 0 Å². The van der Waals surface area contributed by atoms with E-state index in [9.17, 15) is 4.79 Å². The van der Waals surface area contributed by atoms with Crippen LogP contribution in [0.25, 0.3) is 15.2 Å². The highest BCUT2D eigenvalue weighted by molar-refractivity contribution is 7.18. The molecule has 1 aromatic carbocycles. The molecule has 0 amide bonds. The number of aryl methyl sites for hydroxylation is 1. The van der Waals surface area contributed by atoms with Gasteiger partial charge in [-0.2, -0.15) is 0 Å². The molecule has 0 aliphatic carbocycles. The number of nitrogens with zero attached hydrogens (tertiary/aromatic N) is 4. The number of para-hydroxylation sites is 1. The third-order valence-electron chi connectivity index (χ3n) is 4.95. The van der Waals surface area contributed by atoms with Crippen molar-refractivity contribution in [3.8, 4) is 0 Å². The zero-order valence-electron chi connectivity index (χ0n) is 14.4. The maximum absolute atomic E-state index is 12.4. The molecule has 1 saturated heterocycles. The SMILES string of the molecule is Cc1csc2nc(CN3CCC[C@@H]3c3nc4ccccc4s3)cc(=O)n12. The first-order valence-corrected chi connectivity index (χ1v) is 10.4. The Morgan fingerprint density at radius 2 is 2.15 bits per heavy atom. The Balaban J connectivity index is 1.46. The fourth-order valence-corrected chi connectivity index (χ4v) is 5.75.